The van der Waals surface area contributed by atoms with E-state index >= 15 is 0 Å². The number of carbonyl (C=O) groups is 3. The van der Waals surface area contributed by atoms with Gasteiger partial charge >= 0.3 is 6.03 Å². The normalized spacial score (nSPS) is 16.3. The van der Waals surface area contributed by atoms with E-state index in [-0.39, 0.29) is 29.6 Å². The molecule has 9 heteroatoms. The van der Waals surface area contributed by atoms with Gasteiger partial charge in [-0.2, -0.15) is 0 Å². The summed E-state index contributed by atoms with van der Waals surface area (Å²) in [6.45, 7) is 4.81. The number of rotatable bonds is 6. The van der Waals surface area contributed by atoms with Gasteiger partial charge in [-0.05, 0) is 109 Å². The molecule has 5 aromatic rings. The molecular formula is C44H45N5O4. The van der Waals surface area contributed by atoms with Gasteiger partial charge in [0, 0.05) is 74.0 Å². The first-order chi connectivity index (χ1) is 25.7. The van der Waals surface area contributed by atoms with Crippen LogP contribution in [0.4, 0.5) is 10.5 Å². The largest absolute Gasteiger partial charge is 0.508 e. The number of hydrogen-bond donors (Lipinski definition) is 2. The van der Waals surface area contributed by atoms with E-state index in [1.54, 1.807) is 36.2 Å². The number of aromatic hydroxyl groups is 1. The Kier molecular flexibility index (Phi) is 9.24. The minimum Gasteiger partial charge on any atom is -0.508 e. The zero-order valence-electron chi connectivity index (χ0n) is 30.3. The molecular weight excluding hydrogens is 663 g/mol. The number of phenols is 1. The Bertz CT molecular complexity index is 2190. The first kappa shape index (κ1) is 34.3. The van der Waals surface area contributed by atoms with Crippen LogP contribution >= 0.6 is 0 Å². The average Bonchev–Trinajstić information content (AvgIpc) is 3.58. The molecule has 0 aliphatic carbocycles. The number of anilines is 1. The predicted molar refractivity (Wildman–Crippen MR) is 206 cm³/mol. The monoisotopic (exact) mass is 707 g/mol. The maximum atomic E-state index is 14.9. The molecule has 4 amide bonds. The van der Waals surface area contributed by atoms with Crippen molar-refractivity contribution >= 4 is 23.5 Å². The summed E-state index contributed by atoms with van der Waals surface area (Å²) in [4.78, 5) is 47.9. The minimum absolute atomic E-state index is 0.00104. The Labute approximate surface area is 310 Å². The highest BCUT2D eigenvalue weighted by atomic mass is 16.3. The summed E-state index contributed by atoms with van der Waals surface area (Å²) in [5, 5.41) is 12.9. The van der Waals surface area contributed by atoms with E-state index in [0.29, 0.717) is 49.4 Å². The molecule has 0 saturated carbocycles. The molecule has 4 aromatic carbocycles. The number of carbonyl (C=O) groups excluding carboxylic acids is 3. The second-order valence-corrected chi connectivity index (χ2v) is 14.6. The van der Waals surface area contributed by atoms with Crippen LogP contribution in [0.1, 0.15) is 74.0 Å². The Morgan fingerprint density at radius 3 is 2.34 bits per heavy atom. The fourth-order valence-corrected chi connectivity index (χ4v) is 8.22. The number of phenolic OH excluding ortho intramolecular Hbond substituents is 1. The van der Waals surface area contributed by atoms with Crippen LogP contribution in [0.5, 0.6) is 5.75 Å². The molecule has 1 aromatic heterocycles. The van der Waals surface area contributed by atoms with Crippen molar-refractivity contribution in [2.24, 2.45) is 0 Å². The molecule has 3 aliphatic heterocycles. The molecule has 53 heavy (non-hydrogen) atoms. The topological polar surface area (TPSA) is 98.1 Å². The van der Waals surface area contributed by atoms with Gasteiger partial charge in [-0.25, -0.2) is 4.79 Å². The molecule has 4 heterocycles. The molecule has 0 fully saturated rings. The summed E-state index contributed by atoms with van der Waals surface area (Å²) in [6.07, 6.45) is 4.17. The summed E-state index contributed by atoms with van der Waals surface area (Å²) in [5.41, 5.74) is 10.2. The van der Waals surface area contributed by atoms with Crippen molar-refractivity contribution in [1.82, 2.24) is 19.7 Å². The maximum Gasteiger partial charge on any atom is 0.317 e. The van der Waals surface area contributed by atoms with Crippen LogP contribution < -0.4 is 10.2 Å². The summed E-state index contributed by atoms with van der Waals surface area (Å²) in [5.74, 6) is -0.0297. The van der Waals surface area contributed by atoms with Gasteiger partial charge in [0.2, 0.25) is 0 Å². The molecule has 2 N–H and O–H groups in total. The van der Waals surface area contributed by atoms with Gasteiger partial charge in [0.05, 0.1) is 5.56 Å². The fourth-order valence-electron chi connectivity index (χ4n) is 8.22. The first-order valence-corrected chi connectivity index (χ1v) is 18.6. The minimum atomic E-state index is -0.128. The Morgan fingerprint density at radius 2 is 1.55 bits per heavy atom. The van der Waals surface area contributed by atoms with Gasteiger partial charge in [-0.1, -0.05) is 54.6 Å². The van der Waals surface area contributed by atoms with E-state index in [2.05, 4.69) is 41.1 Å². The maximum absolute atomic E-state index is 14.9. The van der Waals surface area contributed by atoms with Gasteiger partial charge in [0.25, 0.3) is 11.8 Å². The standard InChI is InChI=1S/C44H45N5O4/c1-29-22-31-12-6-7-13-33(31)28-49(29)43(52)38-24-34-27-47(44(53)45-26-30-10-4-3-5-11-30)21-19-32(34)23-37(38)41-25-39(40-14-8-9-20-48(40)41)42(51)46(2)35-15-17-36(50)18-16-35/h3-7,10-13,15-18,23-25,29,50H,8-9,14,19-22,26-28H2,1-2H3,(H,45,53)/t29-/m1/s1. The van der Waals surface area contributed by atoms with E-state index in [9.17, 15) is 19.5 Å². The summed E-state index contributed by atoms with van der Waals surface area (Å²) < 4.78 is 2.25. The lowest BCUT2D eigenvalue weighted by Crippen LogP contribution is -2.43. The molecule has 0 radical (unpaired) electrons. The molecule has 8 rings (SSSR count). The SMILES string of the molecule is C[C@@H]1Cc2ccccc2CN1C(=O)c1cc2c(cc1-c1cc(C(=O)N(C)c3ccc(O)cc3)c3n1CCCC3)CCN(C(=O)NCc1ccccc1)C2. The van der Waals surface area contributed by atoms with Gasteiger partial charge in [-0.3, -0.25) is 9.59 Å². The molecule has 0 unspecified atom stereocenters. The van der Waals surface area contributed by atoms with Crippen molar-refractivity contribution in [3.63, 3.8) is 0 Å². The third kappa shape index (κ3) is 6.67. The summed E-state index contributed by atoms with van der Waals surface area (Å²) in [7, 11) is 1.76. The van der Waals surface area contributed by atoms with Gasteiger partial charge in [0.1, 0.15) is 5.75 Å². The quantitative estimate of drug-likeness (QED) is 0.193. The average molecular weight is 708 g/mol. The van der Waals surface area contributed by atoms with Crippen molar-refractivity contribution in [3.05, 3.63) is 142 Å². The number of fused-ring (bicyclic) bond motifs is 3. The highest BCUT2D eigenvalue weighted by Crippen LogP contribution is 2.38. The predicted octanol–water partition coefficient (Wildman–Crippen LogP) is 7.33. The molecule has 3 aliphatic rings. The number of urea groups is 1. The molecule has 270 valence electrons. The zero-order valence-corrected chi connectivity index (χ0v) is 30.3. The van der Waals surface area contributed by atoms with Crippen molar-refractivity contribution in [1.29, 1.82) is 0 Å². The Balaban J connectivity index is 1.18. The number of nitrogens with one attached hydrogen (secondary N) is 1. The lowest BCUT2D eigenvalue weighted by molar-refractivity contribution is 0.0658. The van der Waals surface area contributed by atoms with E-state index in [1.807, 2.05) is 58.3 Å². The van der Waals surface area contributed by atoms with Gasteiger partial charge in [-0.15, -0.1) is 0 Å². The van der Waals surface area contributed by atoms with Crippen molar-refractivity contribution in [2.45, 2.75) is 71.2 Å². The second kappa shape index (κ2) is 14.3. The van der Waals surface area contributed by atoms with E-state index in [4.69, 9.17) is 0 Å². The van der Waals surface area contributed by atoms with Crippen LogP contribution in [0, 0.1) is 0 Å². The molecule has 1 atom stereocenters. The molecule has 0 bridgehead atoms. The third-order valence-corrected chi connectivity index (χ3v) is 11.2. The van der Waals surface area contributed by atoms with Crippen LogP contribution in [-0.2, 0) is 45.4 Å². The first-order valence-electron chi connectivity index (χ1n) is 18.6. The molecule has 9 nitrogen and oxygen atoms in total. The van der Waals surface area contributed by atoms with Crippen LogP contribution in [0.3, 0.4) is 0 Å². The Hall–Kier alpha value is -5.83. The number of nitrogens with zero attached hydrogens (tertiary/aromatic N) is 4. The third-order valence-electron chi connectivity index (χ3n) is 11.2. The smallest absolute Gasteiger partial charge is 0.317 e. The van der Waals surface area contributed by atoms with Crippen molar-refractivity contribution in [3.8, 4) is 17.0 Å². The van der Waals surface area contributed by atoms with Crippen molar-refractivity contribution < 1.29 is 19.5 Å². The van der Waals surface area contributed by atoms with Gasteiger partial charge < -0.3 is 29.7 Å². The number of hydrogen-bond acceptors (Lipinski definition) is 4. The summed E-state index contributed by atoms with van der Waals surface area (Å²) >= 11 is 0. The Morgan fingerprint density at radius 1 is 0.792 bits per heavy atom. The van der Waals surface area contributed by atoms with Crippen LogP contribution in [0.25, 0.3) is 11.3 Å². The summed E-state index contributed by atoms with van der Waals surface area (Å²) in [6, 6.07) is 30.9. The second-order valence-electron chi connectivity index (χ2n) is 14.6. The zero-order chi connectivity index (χ0) is 36.6. The highest BCUT2D eigenvalue weighted by Gasteiger charge is 2.33. The van der Waals surface area contributed by atoms with Crippen LogP contribution in [0.15, 0.2) is 97.1 Å². The van der Waals surface area contributed by atoms with E-state index < -0.39 is 0 Å². The lowest BCUT2D eigenvalue weighted by atomic mass is 9.89. The van der Waals surface area contributed by atoms with Crippen LogP contribution in [0.2, 0.25) is 0 Å². The lowest BCUT2D eigenvalue weighted by Gasteiger charge is -2.36. The van der Waals surface area contributed by atoms with Crippen LogP contribution in [-0.4, -0.2) is 57.0 Å². The molecule has 0 spiro atoms. The highest BCUT2D eigenvalue weighted by molar-refractivity contribution is 6.08. The fraction of sp³-hybridized carbons (Fsp3) is 0.295. The van der Waals surface area contributed by atoms with Gasteiger partial charge in [0.15, 0.2) is 0 Å². The van der Waals surface area contributed by atoms with E-state index in [0.717, 1.165) is 71.4 Å². The number of aromatic nitrogens is 1. The van der Waals surface area contributed by atoms with Crippen molar-refractivity contribution in [2.75, 3.05) is 18.5 Å². The van der Waals surface area contributed by atoms with E-state index in [1.165, 1.54) is 5.56 Å². The molecule has 0 saturated heterocycles. The number of benzene rings is 4. The number of amides is 4.